The van der Waals surface area contributed by atoms with Crippen molar-refractivity contribution in [1.82, 2.24) is 35.5 Å². The molecular formula is C24H22N8O2. The lowest BCUT2D eigenvalue weighted by Crippen LogP contribution is -2.27. The van der Waals surface area contributed by atoms with Crippen LogP contribution in [0.15, 0.2) is 55.0 Å². The van der Waals surface area contributed by atoms with Crippen LogP contribution in [0.2, 0.25) is 0 Å². The van der Waals surface area contributed by atoms with E-state index in [0.717, 1.165) is 35.4 Å². The van der Waals surface area contributed by atoms with Crippen LogP contribution in [0.3, 0.4) is 0 Å². The Bertz CT molecular complexity index is 1510. The van der Waals surface area contributed by atoms with Gasteiger partial charge in [0.1, 0.15) is 30.1 Å². The molecule has 0 fully saturated rings. The zero-order valence-corrected chi connectivity index (χ0v) is 18.2. The Kier molecular flexibility index (Phi) is 4.92. The Balaban J connectivity index is 1.20. The zero-order chi connectivity index (χ0) is 23.1. The Morgan fingerprint density at radius 3 is 3.00 bits per heavy atom. The van der Waals surface area contributed by atoms with Crippen molar-refractivity contribution in [3.63, 3.8) is 0 Å². The minimum Gasteiger partial charge on any atom is -0.388 e. The lowest BCUT2D eigenvalue weighted by molar-refractivity contribution is 0.0954. The number of aliphatic hydroxyl groups excluding tert-OH is 1. The highest BCUT2D eigenvalue weighted by Gasteiger charge is 2.31. The van der Waals surface area contributed by atoms with Crippen LogP contribution in [0, 0.1) is 0 Å². The molecule has 10 heteroatoms. The number of amides is 1. The summed E-state index contributed by atoms with van der Waals surface area (Å²) in [5.41, 5.74) is 4.83. The summed E-state index contributed by atoms with van der Waals surface area (Å²) in [6.45, 7) is 1.07. The molecule has 0 spiro atoms. The van der Waals surface area contributed by atoms with Crippen molar-refractivity contribution >= 4 is 39.5 Å². The molecule has 10 nitrogen and oxygen atoms in total. The fourth-order valence-electron chi connectivity index (χ4n) is 4.71. The molecule has 34 heavy (non-hydrogen) atoms. The van der Waals surface area contributed by atoms with Crippen molar-refractivity contribution in [3.8, 4) is 0 Å². The highest BCUT2D eigenvalue weighted by atomic mass is 16.3. The number of fused-ring (bicyclic) bond motifs is 3. The van der Waals surface area contributed by atoms with Gasteiger partial charge in [0.25, 0.3) is 5.91 Å². The minimum atomic E-state index is -0.204. The summed E-state index contributed by atoms with van der Waals surface area (Å²) >= 11 is 0. The fraction of sp³-hybridized carbons (Fsp3) is 0.208. The van der Waals surface area contributed by atoms with Gasteiger partial charge >= 0.3 is 0 Å². The van der Waals surface area contributed by atoms with Gasteiger partial charge in [0.15, 0.2) is 5.65 Å². The van der Waals surface area contributed by atoms with Gasteiger partial charge < -0.3 is 20.3 Å². The van der Waals surface area contributed by atoms with Gasteiger partial charge in [-0.25, -0.2) is 15.0 Å². The molecule has 6 rings (SSSR count). The Labute approximate surface area is 194 Å². The van der Waals surface area contributed by atoms with E-state index in [1.165, 1.54) is 5.56 Å². The van der Waals surface area contributed by atoms with E-state index in [-0.39, 0.29) is 18.4 Å². The topological polar surface area (TPSA) is 136 Å². The van der Waals surface area contributed by atoms with E-state index in [1.807, 2.05) is 18.2 Å². The standard InChI is InChI=1S/C24H22N8O2/c33-12-20-29-18-6-3-5-16(21(18)30-20)24(34)25-9-8-14-11-32(19-7-2-1-4-15(14)19)23-17-10-28-31-22(17)26-13-27-23/h1-7,10,13-14,33H,8-9,11-12H2,(H,25,34)(H,29,30)(H,26,27,28,31). The number of carbonyl (C=O) groups is 1. The fourth-order valence-corrected chi connectivity index (χ4v) is 4.71. The summed E-state index contributed by atoms with van der Waals surface area (Å²) < 4.78 is 0. The molecule has 4 heterocycles. The van der Waals surface area contributed by atoms with E-state index in [0.29, 0.717) is 29.1 Å². The number of aliphatic hydroxyl groups is 1. The molecule has 0 bridgehead atoms. The van der Waals surface area contributed by atoms with Gasteiger partial charge in [-0.2, -0.15) is 5.10 Å². The minimum absolute atomic E-state index is 0.180. The van der Waals surface area contributed by atoms with Crippen LogP contribution < -0.4 is 10.2 Å². The SMILES string of the molecule is O=C(NCCC1CN(c2ncnc3[nH]ncc23)c2ccccc21)c1cccc2[nH]c(CO)nc12. The molecule has 1 amide bonds. The number of anilines is 2. The van der Waals surface area contributed by atoms with Gasteiger partial charge in [-0.1, -0.05) is 24.3 Å². The number of imidazole rings is 1. The van der Waals surface area contributed by atoms with Crippen LogP contribution in [0.5, 0.6) is 0 Å². The van der Waals surface area contributed by atoms with Crippen LogP contribution in [0.25, 0.3) is 22.1 Å². The quantitative estimate of drug-likeness (QED) is 0.310. The van der Waals surface area contributed by atoms with Gasteiger partial charge in [-0.15, -0.1) is 0 Å². The smallest absolute Gasteiger partial charge is 0.253 e. The molecule has 4 N–H and O–H groups in total. The molecule has 170 valence electrons. The van der Waals surface area contributed by atoms with E-state index in [4.69, 9.17) is 0 Å². The second-order valence-corrected chi connectivity index (χ2v) is 8.28. The molecule has 1 aliphatic rings. The highest BCUT2D eigenvalue weighted by molar-refractivity contribution is 6.04. The van der Waals surface area contributed by atoms with Crippen molar-refractivity contribution in [2.75, 3.05) is 18.0 Å². The van der Waals surface area contributed by atoms with E-state index in [2.05, 4.69) is 52.5 Å². The summed E-state index contributed by atoms with van der Waals surface area (Å²) in [5.74, 6) is 1.31. The van der Waals surface area contributed by atoms with Crippen molar-refractivity contribution < 1.29 is 9.90 Å². The molecule has 0 saturated heterocycles. The summed E-state index contributed by atoms with van der Waals surface area (Å²) in [4.78, 5) is 31.3. The average Bonchev–Trinajstić information content (AvgIpc) is 3.60. The lowest BCUT2D eigenvalue weighted by Gasteiger charge is -2.19. The first-order valence-corrected chi connectivity index (χ1v) is 11.1. The van der Waals surface area contributed by atoms with Gasteiger partial charge in [0, 0.05) is 24.7 Å². The van der Waals surface area contributed by atoms with Crippen LogP contribution >= 0.6 is 0 Å². The Hall–Kier alpha value is -4.31. The number of nitrogens with one attached hydrogen (secondary N) is 3. The molecule has 2 aromatic carbocycles. The number of rotatable bonds is 6. The number of H-pyrrole nitrogens is 2. The monoisotopic (exact) mass is 454 g/mol. The number of aromatic amines is 2. The molecule has 1 atom stereocenters. The highest BCUT2D eigenvalue weighted by Crippen LogP contribution is 2.42. The zero-order valence-electron chi connectivity index (χ0n) is 18.2. The maximum Gasteiger partial charge on any atom is 0.253 e. The van der Waals surface area contributed by atoms with E-state index >= 15 is 0 Å². The summed E-state index contributed by atoms with van der Waals surface area (Å²) in [5, 5.41) is 20.3. The van der Waals surface area contributed by atoms with Crippen molar-refractivity contribution in [3.05, 3.63) is 71.9 Å². The third-order valence-corrected chi connectivity index (χ3v) is 6.29. The number of aromatic nitrogens is 6. The maximum atomic E-state index is 12.9. The molecule has 5 aromatic rings. The first kappa shape index (κ1) is 20.3. The van der Waals surface area contributed by atoms with Gasteiger partial charge in [-0.3, -0.25) is 9.89 Å². The number of carbonyl (C=O) groups excluding carboxylic acids is 1. The summed E-state index contributed by atoms with van der Waals surface area (Å²) in [7, 11) is 0. The summed E-state index contributed by atoms with van der Waals surface area (Å²) in [6.07, 6.45) is 4.07. The largest absolute Gasteiger partial charge is 0.388 e. The second kappa shape index (κ2) is 8.23. The number of hydrogen-bond donors (Lipinski definition) is 4. The first-order chi connectivity index (χ1) is 16.7. The maximum absolute atomic E-state index is 12.9. The molecule has 0 radical (unpaired) electrons. The molecule has 0 saturated carbocycles. The van der Waals surface area contributed by atoms with Crippen LogP contribution in [-0.4, -0.2) is 54.2 Å². The Morgan fingerprint density at radius 1 is 1.18 bits per heavy atom. The van der Waals surface area contributed by atoms with Crippen LogP contribution in [0.4, 0.5) is 11.5 Å². The second-order valence-electron chi connectivity index (χ2n) is 8.28. The Morgan fingerprint density at radius 2 is 2.09 bits per heavy atom. The lowest BCUT2D eigenvalue weighted by atomic mass is 9.98. The number of hydrogen-bond acceptors (Lipinski definition) is 7. The normalized spacial score (nSPS) is 15.2. The van der Waals surface area contributed by atoms with Crippen molar-refractivity contribution in [2.24, 2.45) is 0 Å². The van der Waals surface area contributed by atoms with Crippen molar-refractivity contribution in [2.45, 2.75) is 18.9 Å². The third kappa shape index (κ3) is 3.35. The molecular weight excluding hydrogens is 432 g/mol. The predicted octanol–water partition coefficient (Wildman–Crippen LogP) is 2.78. The van der Waals surface area contributed by atoms with E-state index < -0.39 is 0 Å². The number of nitrogens with zero attached hydrogens (tertiary/aromatic N) is 5. The molecule has 1 aliphatic heterocycles. The van der Waals surface area contributed by atoms with Gasteiger partial charge in [-0.05, 0) is 30.2 Å². The van der Waals surface area contributed by atoms with Gasteiger partial charge in [0.2, 0.25) is 0 Å². The number of benzene rings is 2. The van der Waals surface area contributed by atoms with Gasteiger partial charge in [0.05, 0.1) is 22.7 Å². The number of para-hydroxylation sites is 2. The molecule has 3 aromatic heterocycles. The average molecular weight is 454 g/mol. The third-order valence-electron chi connectivity index (χ3n) is 6.29. The first-order valence-electron chi connectivity index (χ1n) is 11.1. The van der Waals surface area contributed by atoms with E-state index in [1.54, 1.807) is 24.7 Å². The molecule has 0 aliphatic carbocycles. The van der Waals surface area contributed by atoms with E-state index in [9.17, 15) is 9.90 Å². The van der Waals surface area contributed by atoms with Crippen LogP contribution in [0.1, 0.15) is 34.1 Å². The summed E-state index contributed by atoms with van der Waals surface area (Å²) in [6, 6.07) is 13.7. The molecule has 1 unspecified atom stereocenters. The van der Waals surface area contributed by atoms with Crippen LogP contribution in [-0.2, 0) is 6.61 Å². The van der Waals surface area contributed by atoms with Crippen molar-refractivity contribution in [1.29, 1.82) is 0 Å². The predicted molar refractivity (Wildman–Crippen MR) is 127 cm³/mol.